The molecule has 0 amide bonds. The number of hydrogen-bond donors (Lipinski definition) is 3. The van der Waals surface area contributed by atoms with Crippen molar-refractivity contribution in [3.8, 4) is 0 Å². The van der Waals surface area contributed by atoms with Crippen molar-refractivity contribution in [2.45, 2.75) is 156 Å². The molecule has 12 atom stereocenters. The fourth-order valence-corrected chi connectivity index (χ4v) is 11.2. The Kier molecular flexibility index (Phi) is 7.46. The quantitative estimate of drug-likeness (QED) is 0.350. The van der Waals surface area contributed by atoms with Crippen LogP contribution in [0.4, 0.5) is 0 Å². The average Bonchev–Trinajstić information content (AvgIpc) is 3.44. The van der Waals surface area contributed by atoms with Crippen LogP contribution in [0, 0.1) is 45.3 Å². The Labute approximate surface area is 232 Å². The van der Waals surface area contributed by atoms with Gasteiger partial charge in [0.05, 0.1) is 30.0 Å². The second-order valence-corrected chi connectivity index (χ2v) is 15.9. The lowest BCUT2D eigenvalue weighted by atomic mass is 9.48. The zero-order chi connectivity index (χ0) is 27.9. The van der Waals surface area contributed by atoms with Gasteiger partial charge in [0.1, 0.15) is 6.10 Å². The van der Waals surface area contributed by atoms with Crippen molar-refractivity contribution < 1.29 is 24.8 Å². The highest BCUT2D eigenvalue weighted by molar-refractivity contribution is 5.28. The molecule has 1 spiro atoms. The second-order valence-electron chi connectivity index (χ2n) is 15.9. The molecule has 1 aliphatic heterocycles. The van der Waals surface area contributed by atoms with Gasteiger partial charge in [0, 0.05) is 6.61 Å². The molecule has 12 unspecified atom stereocenters. The summed E-state index contributed by atoms with van der Waals surface area (Å²) in [7, 11) is 0. The number of aliphatic hydroxyl groups excluding tert-OH is 2. The maximum absolute atomic E-state index is 12.2. The number of aliphatic hydroxyl groups is 3. The molecule has 5 aliphatic rings. The van der Waals surface area contributed by atoms with Gasteiger partial charge in [0.2, 0.25) is 0 Å². The van der Waals surface area contributed by atoms with Crippen molar-refractivity contribution in [1.29, 1.82) is 0 Å². The normalized spacial score (nSPS) is 50.6. The van der Waals surface area contributed by atoms with E-state index < -0.39 is 17.8 Å². The number of ether oxygens (including phenoxy) is 2. The molecule has 0 aromatic rings. The average molecular weight is 535 g/mol. The zero-order valence-corrected chi connectivity index (χ0v) is 25.6. The fraction of sp³-hybridized carbons (Fsp3) is 1.00. The molecule has 1 heterocycles. The van der Waals surface area contributed by atoms with Gasteiger partial charge in [-0.3, -0.25) is 0 Å². The van der Waals surface area contributed by atoms with Crippen molar-refractivity contribution >= 4 is 0 Å². The van der Waals surface area contributed by atoms with E-state index in [1.165, 1.54) is 32.1 Å². The summed E-state index contributed by atoms with van der Waals surface area (Å²) in [6.45, 7) is 17.8. The van der Waals surface area contributed by atoms with Gasteiger partial charge in [-0.05, 0) is 117 Å². The van der Waals surface area contributed by atoms with E-state index in [2.05, 4.69) is 34.6 Å². The topological polar surface area (TPSA) is 79.2 Å². The van der Waals surface area contributed by atoms with Crippen LogP contribution in [0.3, 0.4) is 0 Å². The molecule has 0 radical (unpaired) electrons. The van der Waals surface area contributed by atoms with Crippen LogP contribution in [0.15, 0.2) is 0 Å². The SMILES string of the molecule is CCCCC12CC13CCC(O)C(C)(C)C3CCC2C1(C)CC2C(C)CC(C(OCC)C(C)(C)O)OC2C1O. The molecule has 4 aliphatic carbocycles. The first-order chi connectivity index (χ1) is 17.7. The highest BCUT2D eigenvalue weighted by atomic mass is 16.6. The predicted molar refractivity (Wildman–Crippen MR) is 151 cm³/mol. The molecule has 5 rings (SSSR count). The molecular formula is C33H58O5. The molecule has 0 aromatic carbocycles. The molecular weight excluding hydrogens is 476 g/mol. The van der Waals surface area contributed by atoms with Gasteiger partial charge in [-0.15, -0.1) is 0 Å². The Morgan fingerprint density at radius 2 is 1.74 bits per heavy atom. The minimum atomic E-state index is -0.999. The van der Waals surface area contributed by atoms with Gasteiger partial charge in [0.15, 0.2) is 0 Å². The highest BCUT2D eigenvalue weighted by Gasteiger charge is 2.79. The van der Waals surface area contributed by atoms with Crippen molar-refractivity contribution in [1.82, 2.24) is 0 Å². The lowest BCUT2D eigenvalue weighted by Gasteiger charge is -2.57. The van der Waals surface area contributed by atoms with E-state index in [4.69, 9.17) is 9.47 Å². The first kappa shape index (κ1) is 29.3. The summed E-state index contributed by atoms with van der Waals surface area (Å²) in [4.78, 5) is 0. The molecule has 5 nitrogen and oxygen atoms in total. The lowest BCUT2D eigenvalue weighted by Crippen LogP contribution is -2.55. The molecule has 3 N–H and O–H groups in total. The summed E-state index contributed by atoms with van der Waals surface area (Å²) in [5.41, 5.74) is -0.578. The molecule has 0 bridgehead atoms. The molecule has 0 aromatic heterocycles. The molecule has 5 fully saturated rings. The van der Waals surface area contributed by atoms with E-state index in [1.807, 2.05) is 20.8 Å². The number of fused-ring (bicyclic) bond motifs is 1. The van der Waals surface area contributed by atoms with Gasteiger partial charge in [-0.25, -0.2) is 0 Å². The number of hydrogen-bond acceptors (Lipinski definition) is 5. The van der Waals surface area contributed by atoms with Crippen molar-refractivity contribution in [3.63, 3.8) is 0 Å². The fourth-order valence-electron chi connectivity index (χ4n) is 11.2. The Bertz CT molecular complexity index is 866. The predicted octanol–water partition coefficient (Wildman–Crippen LogP) is 6.12. The van der Waals surface area contributed by atoms with E-state index in [9.17, 15) is 15.3 Å². The van der Waals surface area contributed by atoms with Gasteiger partial charge in [0.25, 0.3) is 0 Å². The maximum Gasteiger partial charge on any atom is 0.112 e. The molecule has 5 heteroatoms. The first-order valence-corrected chi connectivity index (χ1v) is 16.0. The Hall–Kier alpha value is -0.200. The second kappa shape index (κ2) is 9.68. The smallest absolute Gasteiger partial charge is 0.112 e. The van der Waals surface area contributed by atoms with Crippen LogP contribution in [0.5, 0.6) is 0 Å². The van der Waals surface area contributed by atoms with E-state index in [0.717, 1.165) is 32.1 Å². The van der Waals surface area contributed by atoms with E-state index >= 15 is 0 Å². The Morgan fingerprint density at radius 3 is 2.37 bits per heavy atom. The first-order valence-electron chi connectivity index (χ1n) is 16.0. The van der Waals surface area contributed by atoms with Gasteiger partial charge in [-0.2, -0.15) is 0 Å². The van der Waals surface area contributed by atoms with Crippen LogP contribution < -0.4 is 0 Å². The van der Waals surface area contributed by atoms with Crippen molar-refractivity contribution in [3.05, 3.63) is 0 Å². The highest BCUT2D eigenvalue weighted by Crippen LogP contribution is 2.85. The summed E-state index contributed by atoms with van der Waals surface area (Å²) < 4.78 is 12.8. The monoisotopic (exact) mass is 534 g/mol. The third kappa shape index (κ3) is 4.10. The van der Waals surface area contributed by atoms with E-state index in [0.29, 0.717) is 35.7 Å². The standard InChI is InChI=1S/C33H58O5/c1-9-11-15-32-19-33(32)16-14-25(34)29(4,5)23(33)12-13-24(32)31(8)18-21-20(3)17-22(38-26(21)27(31)35)28(37-10-2)30(6,7)36/h20-28,34-36H,9-19H2,1-8H3. The summed E-state index contributed by atoms with van der Waals surface area (Å²) in [5, 5.41) is 34.1. The van der Waals surface area contributed by atoms with E-state index in [1.54, 1.807) is 0 Å². The molecule has 4 saturated carbocycles. The molecule has 1 saturated heterocycles. The largest absolute Gasteiger partial charge is 0.393 e. The molecule has 38 heavy (non-hydrogen) atoms. The Balaban J connectivity index is 1.44. The summed E-state index contributed by atoms with van der Waals surface area (Å²) >= 11 is 0. The Morgan fingerprint density at radius 1 is 1.05 bits per heavy atom. The molecule has 220 valence electrons. The van der Waals surface area contributed by atoms with Crippen LogP contribution in [0.2, 0.25) is 0 Å². The van der Waals surface area contributed by atoms with Crippen LogP contribution in [-0.2, 0) is 9.47 Å². The lowest BCUT2D eigenvalue weighted by molar-refractivity contribution is -0.214. The van der Waals surface area contributed by atoms with Crippen LogP contribution >= 0.6 is 0 Å². The zero-order valence-electron chi connectivity index (χ0n) is 25.6. The van der Waals surface area contributed by atoms with E-state index in [-0.39, 0.29) is 34.6 Å². The third-order valence-electron chi connectivity index (χ3n) is 13.1. The van der Waals surface area contributed by atoms with Crippen molar-refractivity contribution in [2.24, 2.45) is 45.3 Å². The van der Waals surface area contributed by atoms with Gasteiger partial charge < -0.3 is 24.8 Å². The minimum absolute atomic E-state index is 0.0311. The third-order valence-corrected chi connectivity index (χ3v) is 13.1. The number of unbranched alkanes of at least 4 members (excludes halogenated alkanes) is 1. The van der Waals surface area contributed by atoms with Crippen LogP contribution in [0.1, 0.15) is 120 Å². The van der Waals surface area contributed by atoms with Crippen LogP contribution in [0.25, 0.3) is 0 Å². The summed E-state index contributed by atoms with van der Waals surface area (Å²) in [5.74, 6) is 1.83. The van der Waals surface area contributed by atoms with Gasteiger partial charge >= 0.3 is 0 Å². The van der Waals surface area contributed by atoms with Gasteiger partial charge in [-0.1, -0.05) is 47.5 Å². The maximum atomic E-state index is 12.2. The number of rotatable bonds is 8. The summed E-state index contributed by atoms with van der Waals surface area (Å²) in [6.07, 6.45) is 9.80. The van der Waals surface area contributed by atoms with Crippen LogP contribution in [-0.4, -0.2) is 58.0 Å². The minimum Gasteiger partial charge on any atom is -0.393 e. The summed E-state index contributed by atoms with van der Waals surface area (Å²) in [6, 6.07) is 0. The van der Waals surface area contributed by atoms with Crippen molar-refractivity contribution in [2.75, 3.05) is 6.61 Å².